The molecule has 0 saturated heterocycles. The maximum Gasteiger partial charge on any atom is 0.146 e. The van der Waals surface area contributed by atoms with Crippen LogP contribution in [0.5, 0.6) is 0 Å². The van der Waals surface area contributed by atoms with Crippen molar-refractivity contribution in [2.75, 3.05) is 0 Å². The molecular weight excluding hydrogens is 312 g/mol. The summed E-state index contributed by atoms with van der Waals surface area (Å²) in [7, 11) is 0. The summed E-state index contributed by atoms with van der Waals surface area (Å²) >= 11 is 8.32. The Bertz CT molecular complexity index is 492. The van der Waals surface area contributed by atoms with E-state index in [-0.39, 0.29) is 0 Å². The molecule has 0 atom stereocenters. The van der Waals surface area contributed by atoms with Crippen LogP contribution in [0.2, 0.25) is 5.15 Å². The summed E-state index contributed by atoms with van der Waals surface area (Å²) < 4.78 is 3.29. The molecule has 3 nitrogen and oxygen atoms in total. The molecule has 2 aromatic rings. The molecule has 0 aromatic carbocycles. The molecule has 0 aliphatic carbocycles. The van der Waals surface area contributed by atoms with Gasteiger partial charge in [0, 0.05) is 15.8 Å². The third-order valence-corrected chi connectivity index (χ3v) is 3.90. The van der Waals surface area contributed by atoms with Crippen molar-refractivity contribution in [1.82, 2.24) is 14.5 Å². The van der Waals surface area contributed by atoms with E-state index in [1.54, 1.807) is 0 Å². The second-order valence-electron chi connectivity index (χ2n) is 3.01. The first kappa shape index (κ1) is 10.2. The lowest BCUT2D eigenvalue weighted by Gasteiger charge is -2.01. The first-order chi connectivity index (χ1) is 6.66. The molecule has 0 bridgehead atoms. The Morgan fingerprint density at radius 1 is 1.50 bits per heavy atom. The second-order valence-corrected chi connectivity index (χ2v) is 4.44. The Morgan fingerprint density at radius 2 is 2.21 bits per heavy atom. The van der Waals surface area contributed by atoms with Crippen LogP contribution >= 0.6 is 34.2 Å². The minimum atomic E-state index is 0.537. The Balaban J connectivity index is 2.95. The molecule has 0 spiro atoms. The number of halogens is 2. The van der Waals surface area contributed by atoms with Crippen molar-refractivity contribution >= 4 is 45.2 Å². The molecule has 0 aliphatic rings. The number of nitrogens with zero attached hydrogens (tertiary/aromatic N) is 3. The highest BCUT2D eigenvalue weighted by Crippen LogP contribution is 2.29. The van der Waals surface area contributed by atoms with Crippen LogP contribution in [0.1, 0.15) is 12.6 Å². The number of rotatable bonds is 1. The topological polar surface area (TPSA) is 30.7 Å². The van der Waals surface area contributed by atoms with Crippen LogP contribution in [0.15, 0.2) is 6.33 Å². The monoisotopic (exact) mass is 321 g/mol. The summed E-state index contributed by atoms with van der Waals surface area (Å²) in [6.07, 6.45) is 1.51. The van der Waals surface area contributed by atoms with Crippen molar-refractivity contribution in [2.24, 2.45) is 0 Å². The fraction of sp³-hybridized carbons (Fsp3) is 0.333. The van der Waals surface area contributed by atoms with Crippen LogP contribution in [0, 0.1) is 10.5 Å². The molecule has 0 aliphatic heterocycles. The highest BCUT2D eigenvalue weighted by Gasteiger charge is 2.14. The summed E-state index contributed by atoms with van der Waals surface area (Å²) in [5.74, 6) is 0. The van der Waals surface area contributed by atoms with Gasteiger partial charge in [-0.15, -0.1) is 0 Å². The Hall–Kier alpha value is -0.360. The lowest BCUT2D eigenvalue weighted by atomic mass is 10.4. The van der Waals surface area contributed by atoms with Gasteiger partial charge < -0.3 is 4.57 Å². The van der Waals surface area contributed by atoms with Crippen molar-refractivity contribution < 1.29 is 0 Å². The minimum absolute atomic E-state index is 0.537. The molecule has 5 heteroatoms. The number of aryl methyl sites for hydroxylation is 1. The van der Waals surface area contributed by atoms with Gasteiger partial charge in [0.15, 0.2) is 0 Å². The van der Waals surface area contributed by atoms with Crippen LogP contribution in [0.25, 0.3) is 11.0 Å². The van der Waals surface area contributed by atoms with E-state index in [0.29, 0.717) is 5.15 Å². The van der Waals surface area contributed by atoms with Crippen LogP contribution in [0.4, 0.5) is 0 Å². The van der Waals surface area contributed by atoms with Crippen molar-refractivity contribution in [1.29, 1.82) is 0 Å². The van der Waals surface area contributed by atoms with E-state index in [2.05, 4.69) is 51.0 Å². The van der Waals surface area contributed by atoms with E-state index < -0.39 is 0 Å². The smallest absolute Gasteiger partial charge is 0.146 e. The van der Waals surface area contributed by atoms with Crippen LogP contribution in [-0.2, 0) is 6.54 Å². The minimum Gasteiger partial charge on any atom is -0.329 e. The molecule has 2 rings (SSSR count). The van der Waals surface area contributed by atoms with Gasteiger partial charge in [-0.25, -0.2) is 9.97 Å². The highest BCUT2D eigenvalue weighted by molar-refractivity contribution is 14.1. The fourth-order valence-electron chi connectivity index (χ4n) is 1.59. The van der Waals surface area contributed by atoms with Crippen LogP contribution in [-0.4, -0.2) is 14.5 Å². The highest BCUT2D eigenvalue weighted by atomic mass is 127. The second kappa shape index (κ2) is 3.66. The third-order valence-electron chi connectivity index (χ3n) is 2.29. The zero-order chi connectivity index (χ0) is 10.3. The molecule has 0 fully saturated rings. The summed E-state index contributed by atoms with van der Waals surface area (Å²) in [5, 5.41) is 1.50. The van der Waals surface area contributed by atoms with E-state index in [1.807, 2.05) is 0 Å². The van der Waals surface area contributed by atoms with Gasteiger partial charge in [-0.05, 0) is 36.4 Å². The summed E-state index contributed by atoms with van der Waals surface area (Å²) in [5.41, 5.74) is 2.12. The van der Waals surface area contributed by atoms with E-state index in [1.165, 1.54) is 12.0 Å². The van der Waals surface area contributed by atoms with Crippen LogP contribution in [0.3, 0.4) is 0 Å². The zero-order valence-electron chi connectivity index (χ0n) is 7.88. The molecule has 2 heterocycles. The first-order valence-corrected chi connectivity index (χ1v) is 5.77. The molecule has 0 saturated carbocycles. The predicted molar refractivity (Wildman–Crippen MR) is 65.7 cm³/mol. The Kier molecular flexibility index (Phi) is 2.66. The molecule has 0 N–H and O–H groups in total. The SMILES string of the molecule is CCn1c(C)c(I)c2c(Cl)ncnc21. The zero-order valence-corrected chi connectivity index (χ0v) is 10.8. The van der Waals surface area contributed by atoms with Gasteiger partial charge in [-0.3, -0.25) is 0 Å². The van der Waals surface area contributed by atoms with Gasteiger partial charge in [0.25, 0.3) is 0 Å². The third kappa shape index (κ3) is 1.32. The molecule has 0 radical (unpaired) electrons. The maximum atomic E-state index is 6.04. The van der Waals surface area contributed by atoms with E-state index in [4.69, 9.17) is 11.6 Å². The van der Waals surface area contributed by atoms with Crippen molar-refractivity contribution in [3.63, 3.8) is 0 Å². The van der Waals surface area contributed by atoms with Crippen LogP contribution < -0.4 is 0 Å². The van der Waals surface area contributed by atoms with Gasteiger partial charge in [0.2, 0.25) is 0 Å². The first-order valence-electron chi connectivity index (χ1n) is 4.31. The van der Waals surface area contributed by atoms with Crippen molar-refractivity contribution in [2.45, 2.75) is 20.4 Å². The molecule has 14 heavy (non-hydrogen) atoms. The lowest BCUT2D eigenvalue weighted by Crippen LogP contribution is -1.97. The predicted octanol–water partition coefficient (Wildman–Crippen LogP) is 3.02. The molecular formula is C9H9ClIN3. The number of aromatic nitrogens is 3. The Labute approximate surface area is 101 Å². The number of fused-ring (bicyclic) bond motifs is 1. The average molecular weight is 322 g/mol. The number of hydrogen-bond acceptors (Lipinski definition) is 2. The summed E-state index contributed by atoms with van der Waals surface area (Å²) in [6.45, 7) is 5.07. The van der Waals surface area contributed by atoms with E-state index >= 15 is 0 Å². The van der Waals surface area contributed by atoms with Gasteiger partial charge in [-0.2, -0.15) is 0 Å². The van der Waals surface area contributed by atoms with E-state index in [0.717, 1.165) is 21.1 Å². The quantitative estimate of drug-likeness (QED) is 0.597. The van der Waals surface area contributed by atoms with Gasteiger partial charge in [0.1, 0.15) is 17.1 Å². The lowest BCUT2D eigenvalue weighted by molar-refractivity contribution is 0.757. The maximum absolute atomic E-state index is 6.04. The fourth-order valence-corrected chi connectivity index (χ4v) is 2.76. The standard InChI is InChI=1S/C9H9ClIN3/c1-3-14-5(2)7(11)6-8(10)12-4-13-9(6)14/h4H,3H2,1-2H3. The molecule has 0 amide bonds. The van der Waals surface area contributed by atoms with E-state index in [9.17, 15) is 0 Å². The van der Waals surface area contributed by atoms with Gasteiger partial charge in [-0.1, -0.05) is 11.6 Å². The normalized spacial score (nSPS) is 11.1. The average Bonchev–Trinajstić information content (AvgIpc) is 2.41. The molecule has 74 valence electrons. The molecule has 2 aromatic heterocycles. The largest absolute Gasteiger partial charge is 0.329 e. The number of hydrogen-bond donors (Lipinski definition) is 0. The van der Waals surface area contributed by atoms with Gasteiger partial charge in [0.05, 0.1) is 5.39 Å². The van der Waals surface area contributed by atoms with Crippen molar-refractivity contribution in [3.05, 3.63) is 20.7 Å². The molecule has 0 unspecified atom stereocenters. The summed E-state index contributed by atoms with van der Waals surface area (Å²) in [4.78, 5) is 8.25. The van der Waals surface area contributed by atoms with Gasteiger partial charge >= 0.3 is 0 Å². The summed E-state index contributed by atoms with van der Waals surface area (Å²) in [6, 6.07) is 0. The Morgan fingerprint density at radius 3 is 2.86 bits per heavy atom. The van der Waals surface area contributed by atoms with Crippen molar-refractivity contribution in [3.8, 4) is 0 Å².